The highest BCUT2D eigenvalue weighted by molar-refractivity contribution is 5.84. The van der Waals surface area contributed by atoms with Gasteiger partial charge in [0.15, 0.2) is 0 Å². The second-order valence-corrected chi connectivity index (χ2v) is 8.41. The average Bonchev–Trinajstić information content (AvgIpc) is 2.69. The Hall–Kier alpha value is -0.830. The molecule has 0 saturated heterocycles. The molecule has 0 aromatic heterocycles. The molecule has 0 rings (SSSR count). The van der Waals surface area contributed by atoms with Gasteiger partial charge in [0.1, 0.15) is 0 Å². The summed E-state index contributed by atoms with van der Waals surface area (Å²) in [5, 5.41) is 3.48. The van der Waals surface area contributed by atoms with Crippen LogP contribution in [-0.2, 0) is 4.79 Å². The van der Waals surface area contributed by atoms with Crippen LogP contribution in [0.3, 0.4) is 0 Å². The van der Waals surface area contributed by atoms with E-state index in [9.17, 15) is 4.79 Å². The van der Waals surface area contributed by atoms with E-state index in [4.69, 9.17) is 5.73 Å². The predicted molar refractivity (Wildman–Crippen MR) is 125 cm³/mol. The summed E-state index contributed by atoms with van der Waals surface area (Å²) in [7, 11) is 0. The van der Waals surface area contributed by atoms with Crippen molar-refractivity contribution in [1.29, 1.82) is 0 Å². The van der Waals surface area contributed by atoms with Crippen molar-refractivity contribution in [3.63, 3.8) is 0 Å². The lowest BCUT2D eigenvalue weighted by atomic mass is 9.88. The van der Waals surface area contributed by atoms with E-state index in [1.165, 1.54) is 83.5 Å². The first kappa shape index (κ1) is 27.2. The van der Waals surface area contributed by atoms with Crippen LogP contribution in [-0.4, -0.2) is 18.0 Å². The molecule has 0 aliphatic rings. The molecule has 1 atom stereocenters. The molecule has 0 aliphatic carbocycles. The van der Waals surface area contributed by atoms with E-state index in [1.54, 1.807) is 0 Å². The van der Waals surface area contributed by atoms with E-state index in [-0.39, 0.29) is 5.91 Å². The Labute approximate surface area is 176 Å². The molecule has 0 bridgehead atoms. The molecule has 0 fully saturated rings. The second kappa shape index (κ2) is 19.5. The van der Waals surface area contributed by atoms with E-state index in [0.717, 1.165) is 32.2 Å². The number of primary amides is 1. The number of hydrogen-bond donors (Lipinski definition) is 2. The van der Waals surface area contributed by atoms with Crippen molar-refractivity contribution in [1.82, 2.24) is 5.32 Å². The van der Waals surface area contributed by atoms with Gasteiger partial charge in [-0.15, -0.1) is 0 Å². The number of hydrogen-bond acceptors (Lipinski definition) is 2. The standard InChI is InChI=1S/C25H50N2O/c1-4-7-9-10-11-12-13-14-15-16-17-18-19-20-22-25(6-3,24(26)28)27-23-21-8-5-2/h14-15,27H,4-13,16-23H2,1-3H3,(H2,26,28)/b15-14-. The largest absolute Gasteiger partial charge is 0.368 e. The molecule has 0 aromatic rings. The molecule has 1 unspecified atom stereocenters. The Morgan fingerprint density at radius 2 is 1.25 bits per heavy atom. The minimum atomic E-state index is -0.495. The SMILES string of the molecule is CCCCCCCC/C=C\CCCCCCC(CC)(NCCCCC)C(N)=O. The van der Waals surface area contributed by atoms with Gasteiger partial charge in [-0.1, -0.05) is 97.1 Å². The van der Waals surface area contributed by atoms with Crippen LogP contribution >= 0.6 is 0 Å². The van der Waals surface area contributed by atoms with Gasteiger partial charge >= 0.3 is 0 Å². The first-order valence-electron chi connectivity index (χ1n) is 12.3. The van der Waals surface area contributed by atoms with Gasteiger partial charge < -0.3 is 11.1 Å². The number of amides is 1. The third-order valence-corrected chi connectivity index (χ3v) is 5.93. The van der Waals surface area contributed by atoms with Crippen molar-refractivity contribution in [3.8, 4) is 0 Å². The molecule has 0 saturated carbocycles. The van der Waals surface area contributed by atoms with Crippen LogP contribution in [0.2, 0.25) is 0 Å². The summed E-state index contributed by atoms with van der Waals surface area (Å²) in [6.07, 6.45) is 25.4. The number of carbonyl (C=O) groups is 1. The third-order valence-electron chi connectivity index (χ3n) is 5.93. The Kier molecular flexibility index (Phi) is 18.9. The maximum Gasteiger partial charge on any atom is 0.237 e. The first-order chi connectivity index (χ1) is 13.6. The normalized spacial score (nSPS) is 13.8. The zero-order valence-electron chi connectivity index (χ0n) is 19.4. The van der Waals surface area contributed by atoms with Gasteiger partial charge in [0.2, 0.25) is 5.91 Å². The van der Waals surface area contributed by atoms with E-state index in [0.29, 0.717) is 0 Å². The van der Waals surface area contributed by atoms with E-state index < -0.39 is 5.54 Å². The van der Waals surface area contributed by atoms with Crippen LogP contribution in [0.4, 0.5) is 0 Å². The van der Waals surface area contributed by atoms with E-state index in [1.807, 2.05) is 0 Å². The maximum absolute atomic E-state index is 12.0. The van der Waals surface area contributed by atoms with Crippen molar-refractivity contribution in [3.05, 3.63) is 12.2 Å². The molecular formula is C25H50N2O. The van der Waals surface area contributed by atoms with E-state index in [2.05, 4.69) is 38.2 Å². The van der Waals surface area contributed by atoms with E-state index >= 15 is 0 Å². The Balaban J connectivity index is 3.76. The quantitative estimate of drug-likeness (QED) is 0.162. The fourth-order valence-corrected chi connectivity index (χ4v) is 3.80. The van der Waals surface area contributed by atoms with Crippen LogP contribution in [0.25, 0.3) is 0 Å². The van der Waals surface area contributed by atoms with Crippen LogP contribution in [0.5, 0.6) is 0 Å². The lowest BCUT2D eigenvalue weighted by Gasteiger charge is -2.31. The Morgan fingerprint density at radius 1 is 0.750 bits per heavy atom. The maximum atomic E-state index is 12.0. The van der Waals surface area contributed by atoms with Crippen molar-refractivity contribution in [2.45, 2.75) is 135 Å². The summed E-state index contributed by atoms with van der Waals surface area (Å²) in [6.45, 7) is 7.44. The number of unbranched alkanes of at least 4 members (excludes halogenated alkanes) is 12. The summed E-state index contributed by atoms with van der Waals surface area (Å²) in [6, 6.07) is 0. The molecule has 0 heterocycles. The summed E-state index contributed by atoms with van der Waals surface area (Å²) in [4.78, 5) is 12.0. The van der Waals surface area contributed by atoms with Crippen LogP contribution in [0.1, 0.15) is 130 Å². The predicted octanol–water partition coefficient (Wildman–Crippen LogP) is 7.05. The molecule has 0 aliphatic heterocycles. The van der Waals surface area contributed by atoms with Gasteiger partial charge in [-0.25, -0.2) is 0 Å². The summed E-state index contributed by atoms with van der Waals surface area (Å²) < 4.78 is 0. The molecular weight excluding hydrogens is 344 g/mol. The molecule has 0 spiro atoms. The highest BCUT2D eigenvalue weighted by Gasteiger charge is 2.33. The minimum Gasteiger partial charge on any atom is -0.368 e. The molecule has 3 N–H and O–H groups in total. The summed E-state index contributed by atoms with van der Waals surface area (Å²) in [5.41, 5.74) is 5.25. The van der Waals surface area contributed by atoms with Gasteiger partial charge in [-0.05, 0) is 51.5 Å². The molecule has 1 amide bonds. The van der Waals surface area contributed by atoms with Crippen molar-refractivity contribution in [2.24, 2.45) is 5.73 Å². The zero-order valence-corrected chi connectivity index (χ0v) is 19.4. The van der Waals surface area contributed by atoms with Gasteiger partial charge in [0.05, 0.1) is 5.54 Å². The summed E-state index contributed by atoms with van der Waals surface area (Å²) in [5.74, 6) is -0.177. The fourth-order valence-electron chi connectivity index (χ4n) is 3.80. The lowest BCUT2D eigenvalue weighted by molar-refractivity contribution is -0.125. The number of nitrogens with two attached hydrogens (primary N) is 1. The van der Waals surface area contributed by atoms with Gasteiger partial charge in [0.25, 0.3) is 0 Å². The van der Waals surface area contributed by atoms with Gasteiger partial charge in [-0.2, -0.15) is 0 Å². The zero-order chi connectivity index (χ0) is 20.9. The monoisotopic (exact) mass is 394 g/mol. The Morgan fingerprint density at radius 3 is 1.79 bits per heavy atom. The number of carbonyl (C=O) groups excluding carboxylic acids is 1. The van der Waals surface area contributed by atoms with Gasteiger partial charge in [-0.3, -0.25) is 4.79 Å². The van der Waals surface area contributed by atoms with Crippen molar-refractivity contribution < 1.29 is 4.79 Å². The smallest absolute Gasteiger partial charge is 0.237 e. The molecule has 28 heavy (non-hydrogen) atoms. The molecule has 3 nitrogen and oxygen atoms in total. The molecule has 0 radical (unpaired) electrons. The third kappa shape index (κ3) is 14.2. The number of nitrogens with one attached hydrogen (secondary N) is 1. The molecule has 166 valence electrons. The number of rotatable bonds is 21. The Bertz CT molecular complexity index is 381. The van der Waals surface area contributed by atoms with Crippen LogP contribution < -0.4 is 11.1 Å². The van der Waals surface area contributed by atoms with Crippen LogP contribution in [0.15, 0.2) is 12.2 Å². The minimum absolute atomic E-state index is 0.177. The number of allylic oxidation sites excluding steroid dienone is 2. The fraction of sp³-hybridized carbons (Fsp3) is 0.880. The summed E-state index contributed by atoms with van der Waals surface area (Å²) >= 11 is 0. The van der Waals surface area contributed by atoms with Crippen molar-refractivity contribution in [2.75, 3.05) is 6.54 Å². The highest BCUT2D eigenvalue weighted by Crippen LogP contribution is 2.20. The topological polar surface area (TPSA) is 55.1 Å². The average molecular weight is 395 g/mol. The molecule has 0 aromatic carbocycles. The molecule has 3 heteroatoms. The van der Waals surface area contributed by atoms with Crippen LogP contribution in [0, 0.1) is 0 Å². The first-order valence-corrected chi connectivity index (χ1v) is 12.3. The highest BCUT2D eigenvalue weighted by atomic mass is 16.1. The second-order valence-electron chi connectivity index (χ2n) is 8.41. The lowest BCUT2D eigenvalue weighted by Crippen LogP contribution is -2.55. The van der Waals surface area contributed by atoms with Gasteiger partial charge in [0, 0.05) is 0 Å². The van der Waals surface area contributed by atoms with Crippen molar-refractivity contribution >= 4 is 5.91 Å².